The van der Waals surface area contributed by atoms with E-state index in [0.29, 0.717) is 18.3 Å². The van der Waals surface area contributed by atoms with Crippen molar-refractivity contribution in [1.29, 1.82) is 0 Å². The van der Waals surface area contributed by atoms with Gasteiger partial charge in [-0.25, -0.2) is 5.43 Å². The Kier molecular flexibility index (Phi) is 2.80. The molecule has 1 amide bonds. The van der Waals surface area contributed by atoms with E-state index >= 15 is 0 Å². The van der Waals surface area contributed by atoms with Crippen LogP contribution in [0.25, 0.3) is 0 Å². The predicted octanol–water partition coefficient (Wildman–Crippen LogP) is 2.43. The molecule has 3 saturated carbocycles. The van der Waals surface area contributed by atoms with Crippen molar-refractivity contribution in [2.24, 2.45) is 21.8 Å². The van der Waals surface area contributed by atoms with E-state index in [1.165, 1.54) is 19.3 Å². The number of hydrazone groups is 1. The number of amides is 1. The molecule has 0 aromatic heterocycles. The van der Waals surface area contributed by atoms with Gasteiger partial charge in [-0.2, -0.15) is 5.10 Å². The summed E-state index contributed by atoms with van der Waals surface area (Å²) in [5.41, 5.74) is 3.84. The second-order valence-corrected chi connectivity index (χ2v) is 7.36. The Labute approximate surface area is 114 Å². The summed E-state index contributed by atoms with van der Waals surface area (Å²) >= 11 is 0. The van der Waals surface area contributed by atoms with Crippen LogP contribution in [0, 0.1) is 16.7 Å². The topological polar surface area (TPSA) is 58.5 Å². The van der Waals surface area contributed by atoms with Crippen molar-refractivity contribution in [2.75, 3.05) is 0 Å². The van der Waals surface area contributed by atoms with Gasteiger partial charge in [0, 0.05) is 24.5 Å². The van der Waals surface area contributed by atoms with Gasteiger partial charge < -0.3 is 0 Å². The first-order chi connectivity index (χ1) is 8.90. The molecule has 104 valence electrons. The number of rotatable bonds is 2. The van der Waals surface area contributed by atoms with Crippen LogP contribution in [0.15, 0.2) is 5.10 Å². The summed E-state index contributed by atoms with van der Waals surface area (Å²) in [5.74, 6) is 0.465. The predicted molar refractivity (Wildman–Crippen MR) is 72.6 cm³/mol. The van der Waals surface area contributed by atoms with Gasteiger partial charge in [-0.3, -0.25) is 9.59 Å². The standard InChI is InChI=1S/C15H22N2O2/c1-14(2)7-10(6-11(18)8-14)16-17-13(19)12-9-15(12)4-3-5-15/h12H,3-9H2,1-2H3,(H,17,19)/b16-10+/t12-/m0/s1. The number of ketones is 1. The first-order valence-corrected chi connectivity index (χ1v) is 7.27. The van der Waals surface area contributed by atoms with E-state index in [1.807, 2.05) is 0 Å². The maximum absolute atomic E-state index is 12.0. The van der Waals surface area contributed by atoms with Gasteiger partial charge in [0.2, 0.25) is 5.91 Å². The number of Topliss-reactive ketones (excluding diaryl/α,β-unsaturated/α-hetero) is 1. The molecular weight excluding hydrogens is 240 g/mol. The molecule has 0 unspecified atom stereocenters. The van der Waals surface area contributed by atoms with Crippen LogP contribution < -0.4 is 5.43 Å². The molecular formula is C15H22N2O2. The molecule has 0 heterocycles. The van der Waals surface area contributed by atoms with Gasteiger partial charge in [0.1, 0.15) is 5.78 Å². The average Bonchev–Trinajstić information content (AvgIpc) is 2.98. The maximum atomic E-state index is 12.0. The monoisotopic (exact) mass is 262 g/mol. The van der Waals surface area contributed by atoms with Crippen LogP contribution in [0.1, 0.15) is 58.8 Å². The first kappa shape index (κ1) is 12.8. The van der Waals surface area contributed by atoms with Crippen molar-refractivity contribution < 1.29 is 9.59 Å². The largest absolute Gasteiger partial charge is 0.299 e. The van der Waals surface area contributed by atoms with Gasteiger partial charge in [0.05, 0.1) is 0 Å². The zero-order valence-electron chi connectivity index (χ0n) is 11.8. The molecule has 0 saturated heterocycles. The Hall–Kier alpha value is -1.19. The van der Waals surface area contributed by atoms with Crippen LogP contribution in [0.3, 0.4) is 0 Å². The van der Waals surface area contributed by atoms with E-state index in [4.69, 9.17) is 0 Å². The lowest BCUT2D eigenvalue weighted by molar-refractivity contribution is -0.124. The molecule has 0 radical (unpaired) electrons. The van der Waals surface area contributed by atoms with E-state index < -0.39 is 0 Å². The molecule has 0 bridgehead atoms. The zero-order chi connectivity index (χ0) is 13.7. The lowest BCUT2D eigenvalue weighted by Crippen LogP contribution is -2.32. The molecule has 0 aromatic carbocycles. The van der Waals surface area contributed by atoms with Crippen molar-refractivity contribution in [3.05, 3.63) is 0 Å². The normalized spacial score (nSPS) is 33.1. The summed E-state index contributed by atoms with van der Waals surface area (Å²) in [4.78, 5) is 23.6. The summed E-state index contributed by atoms with van der Waals surface area (Å²) in [6.07, 6.45) is 6.52. The fourth-order valence-electron chi connectivity index (χ4n) is 3.69. The molecule has 1 atom stereocenters. The first-order valence-electron chi connectivity index (χ1n) is 7.27. The number of nitrogens with zero attached hydrogens (tertiary/aromatic N) is 1. The molecule has 1 spiro atoms. The molecule has 3 rings (SSSR count). The van der Waals surface area contributed by atoms with Crippen LogP contribution in [-0.4, -0.2) is 17.4 Å². The highest BCUT2D eigenvalue weighted by molar-refractivity contribution is 6.05. The third-order valence-corrected chi connectivity index (χ3v) is 4.94. The van der Waals surface area contributed by atoms with Gasteiger partial charge in [-0.05, 0) is 36.5 Å². The molecule has 19 heavy (non-hydrogen) atoms. The quantitative estimate of drug-likeness (QED) is 0.777. The lowest BCUT2D eigenvalue weighted by Gasteiger charge is -2.29. The fourth-order valence-corrected chi connectivity index (χ4v) is 3.69. The van der Waals surface area contributed by atoms with Gasteiger partial charge in [-0.1, -0.05) is 20.3 Å². The summed E-state index contributed by atoms with van der Waals surface area (Å²) in [7, 11) is 0. The number of hydrogen-bond acceptors (Lipinski definition) is 3. The minimum Gasteiger partial charge on any atom is -0.299 e. The zero-order valence-corrected chi connectivity index (χ0v) is 11.8. The third-order valence-electron chi connectivity index (χ3n) is 4.94. The SMILES string of the molecule is CC1(C)CC(=O)C/C(=N\NC(=O)[C@@H]2CC23CCC3)C1. The minimum atomic E-state index is -0.0202. The maximum Gasteiger partial charge on any atom is 0.243 e. The number of hydrogen-bond donors (Lipinski definition) is 1. The Morgan fingerprint density at radius 3 is 2.58 bits per heavy atom. The Morgan fingerprint density at radius 2 is 2.05 bits per heavy atom. The lowest BCUT2D eigenvalue weighted by atomic mass is 9.76. The average molecular weight is 262 g/mol. The van der Waals surface area contributed by atoms with E-state index in [2.05, 4.69) is 24.4 Å². The molecule has 0 aliphatic heterocycles. The van der Waals surface area contributed by atoms with E-state index in [0.717, 1.165) is 18.6 Å². The molecule has 3 fully saturated rings. The highest BCUT2D eigenvalue weighted by Gasteiger charge is 2.60. The smallest absolute Gasteiger partial charge is 0.243 e. The van der Waals surface area contributed by atoms with Gasteiger partial charge in [0.25, 0.3) is 0 Å². The second-order valence-electron chi connectivity index (χ2n) is 7.36. The summed E-state index contributed by atoms with van der Waals surface area (Å²) in [6, 6.07) is 0. The fraction of sp³-hybridized carbons (Fsp3) is 0.800. The highest BCUT2D eigenvalue weighted by atomic mass is 16.2. The van der Waals surface area contributed by atoms with Crippen LogP contribution >= 0.6 is 0 Å². The van der Waals surface area contributed by atoms with Gasteiger partial charge in [0.15, 0.2) is 0 Å². The van der Waals surface area contributed by atoms with Crippen molar-refractivity contribution in [3.63, 3.8) is 0 Å². The van der Waals surface area contributed by atoms with E-state index in [1.54, 1.807) is 0 Å². The molecule has 0 aromatic rings. The molecule has 4 heteroatoms. The van der Waals surface area contributed by atoms with Gasteiger partial charge >= 0.3 is 0 Å². The summed E-state index contributed by atoms with van der Waals surface area (Å²) < 4.78 is 0. The molecule has 3 aliphatic carbocycles. The minimum absolute atomic E-state index is 0.0202. The van der Waals surface area contributed by atoms with Crippen LogP contribution in [0.5, 0.6) is 0 Å². The van der Waals surface area contributed by atoms with E-state index in [-0.39, 0.29) is 23.0 Å². The highest BCUT2D eigenvalue weighted by Crippen LogP contribution is 2.65. The number of carbonyl (C=O) groups is 2. The van der Waals surface area contributed by atoms with Crippen LogP contribution in [-0.2, 0) is 9.59 Å². The Bertz CT molecular complexity index is 461. The van der Waals surface area contributed by atoms with Gasteiger partial charge in [-0.15, -0.1) is 0 Å². The molecule has 1 N–H and O–H groups in total. The summed E-state index contributed by atoms with van der Waals surface area (Å²) in [6.45, 7) is 4.15. The van der Waals surface area contributed by atoms with Crippen molar-refractivity contribution >= 4 is 17.4 Å². The molecule has 4 nitrogen and oxygen atoms in total. The number of nitrogens with one attached hydrogen (secondary N) is 1. The number of carbonyl (C=O) groups excluding carboxylic acids is 2. The van der Waals surface area contributed by atoms with Crippen molar-refractivity contribution in [2.45, 2.75) is 58.8 Å². The van der Waals surface area contributed by atoms with Crippen molar-refractivity contribution in [3.8, 4) is 0 Å². The van der Waals surface area contributed by atoms with E-state index in [9.17, 15) is 9.59 Å². The Morgan fingerprint density at radius 1 is 1.32 bits per heavy atom. The third kappa shape index (κ3) is 2.45. The Balaban J connectivity index is 1.57. The summed E-state index contributed by atoms with van der Waals surface area (Å²) in [5, 5.41) is 4.21. The van der Waals surface area contributed by atoms with Crippen molar-refractivity contribution in [1.82, 2.24) is 5.43 Å². The van der Waals surface area contributed by atoms with Crippen LogP contribution in [0.2, 0.25) is 0 Å². The molecule has 3 aliphatic rings. The van der Waals surface area contributed by atoms with Crippen LogP contribution in [0.4, 0.5) is 0 Å². The second kappa shape index (κ2) is 4.15.